The standard InChI is InChI=1S/C23H28BrCl2NO3/c1-28-20-11-16(12-21(29-2)22(20)30-3)14-27-10-8-23(15-27,7-4-9-24)17-5-6-18(25)19(26)13-17/h5-6,11-13H,4,7-10,14-15H2,1-3H3. The van der Waals surface area contributed by atoms with E-state index in [1.165, 1.54) is 5.56 Å². The predicted octanol–water partition coefficient (Wildman–Crippen LogP) is 6.34. The van der Waals surface area contributed by atoms with Crippen molar-refractivity contribution in [2.45, 2.75) is 31.2 Å². The lowest BCUT2D eigenvalue weighted by molar-refractivity contribution is 0.291. The van der Waals surface area contributed by atoms with Crippen LogP contribution in [0.25, 0.3) is 0 Å². The Morgan fingerprint density at radius 1 is 1.00 bits per heavy atom. The van der Waals surface area contributed by atoms with E-state index in [1.807, 2.05) is 24.3 Å². The van der Waals surface area contributed by atoms with Crippen molar-refractivity contribution in [2.75, 3.05) is 39.7 Å². The summed E-state index contributed by atoms with van der Waals surface area (Å²) in [5.74, 6) is 1.98. The maximum atomic E-state index is 6.36. The second-order valence-electron chi connectivity index (χ2n) is 7.70. The molecule has 3 rings (SSSR count). The van der Waals surface area contributed by atoms with Gasteiger partial charge in [-0.3, -0.25) is 4.90 Å². The van der Waals surface area contributed by atoms with E-state index in [9.17, 15) is 0 Å². The Labute approximate surface area is 197 Å². The van der Waals surface area contributed by atoms with Gasteiger partial charge in [0.15, 0.2) is 11.5 Å². The molecule has 0 bridgehead atoms. The normalized spacial score (nSPS) is 19.1. The third-order valence-electron chi connectivity index (χ3n) is 5.88. The number of nitrogens with zero attached hydrogens (tertiary/aromatic N) is 1. The van der Waals surface area contributed by atoms with E-state index in [-0.39, 0.29) is 5.41 Å². The minimum Gasteiger partial charge on any atom is -0.493 e. The lowest BCUT2D eigenvalue weighted by Gasteiger charge is -2.31. The molecule has 164 valence electrons. The molecule has 0 radical (unpaired) electrons. The predicted molar refractivity (Wildman–Crippen MR) is 127 cm³/mol. The van der Waals surface area contributed by atoms with Crippen molar-refractivity contribution >= 4 is 39.1 Å². The van der Waals surface area contributed by atoms with Crippen LogP contribution >= 0.6 is 39.1 Å². The Morgan fingerprint density at radius 3 is 2.27 bits per heavy atom. The van der Waals surface area contributed by atoms with Crippen LogP contribution in [0.15, 0.2) is 30.3 Å². The summed E-state index contributed by atoms with van der Waals surface area (Å²) in [5.41, 5.74) is 2.48. The third kappa shape index (κ3) is 5.01. The molecule has 1 aliphatic heterocycles. The average molecular weight is 517 g/mol. The van der Waals surface area contributed by atoms with Gasteiger partial charge < -0.3 is 14.2 Å². The molecular formula is C23H28BrCl2NO3. The molecule has 0 aliphatic carbocycles. The molecule has 1 saturated heterocycles. The van der Waals surface area contributed by atoms with E-state index in [0.717, 1.165) is 49.8 Å². The molecule has 1 unspecified atom stereocenters. The number of hydrogen-bond acceptors (Lipinski definition) is 4. The Bertz CT molecular complexity index is 855. The Balaban J connectivity index is 1.85. The van der Waals surface area contributed by atoms with Gasteiger partial charge in [0.25, 0.3) is 0 Å². The zero-order valence-electron chi connectivity index (χ0n) is 17.6. The van der Waals surface area contributed by atoms with Crippen LogP contribution in [-0.2, 0) is 12.0 Å². The highest BCUT2D eigenvalue weighted by molar-refractivity contribution is 9.09. The smallest absolute Gasteiger partial charge is 0.203 e. The van der Waals surface area contributed by atoms with Gasteiger partial charge in [-0.1, -0.05) is 45.2 Å². The highest BCUT2D eigenvalue weighted by Crippen LogP contribution is 2.43. The molecule has 1 atom stereocenters. The molecular weight excluding hydrogens is 489 g/mol. The van der Waals surface area contributed by atoms with Crippen LogP contribution in [0, 0.1) is 0 Å². The molecule has 1 heterocycles. The average Bonchev–Trinajstić information content (AvgIpc) is 3.17. The molecule has 7 heteroatoms. The van der Waals surface area contributed by atoms with Crippen molar-refractivity contribution in [2.24, 2.45) is 0 Å². The van der Waals surface area contributed by atoms with E-state index >= 15 is 0 Å². The van der Waals surface area contributed by atoms with E-state index in [2.05, 4.69) is 26.9 Å². The monoisotopic (exact) mass is 515 g/mol. The summed E-state index contributed by atoms with van der Waals surface area (Å²) in [7, 11) is 4.91. The Morgan fingerprint density at radius 2 is 1.70 bits per heavy atom. The van der Waals surface area contributed by atoms with Crippen LogP contribution in [0.4, 0.5) is 0 Å². The van der Waals surface area contributed by atoms with Gasteiger partial charge in [-0.25, -0.2) is 0 Å². The van der Waals surface area contributed by atoms with E-state index in [0.29, 0.717) is 27.3 Å². The van der Waals surface area contributed by atoms with Gasteiger partial charge in [0.05, 0.1) is 31.4 Å². The highest BCUT2D eigenvalue weighted by Gasteiger charge is 2.39. The summed E-state index contributed by atoms with van der Waals surface area (Å²) in [4.78, 5) is 2.48. The number of likely N-dealkylation sites (tertiary alicyclic amines) is 1. The molecule has 0 aromatic heterocycles. The fourth-order valence-corrected chi connectivity index (χ4v) is 4.97. The summed E-state index contributed by atoms with van der Waals surface area (Å²) in [6.45, 7) is 2.79. The molecule has 30 heavy (non-hydrogen) atoms. The van der Waals surface area contributed by atoms with Crippen molar-refractivity contribution in [1.29, 1.82) is 0 Å². The molecule has 2 aromatic carbocycles. The van der Waals surface area contributed by atoms with Crippen molar-refractivity contribution in [3.05, 3.63) is 51.5 Å². The molecule has 4 nitrogen and oxygen atoms in total. The van der Waals surface area contributed by atoms with Crippen LogP contribution in [0.2, 0.25) is 10.0 Å². The fourth-order valence-electron chi connectivity index (χ4n) is 4.39. The fraction of sp³-hybridized carbons (Fsp3) is 0.478. The summed E-state index contributed by atoms with van der Waals surface area (Å²) in [6, 6.07) is 10.1. The number of halogens is 3. The van der Waals surface area contributed by atoms with Gasteiger partial charge in [-0.2, -0.15) is 0 Å². The van der Waals surface area contributed by atoms with Crippen LogP contribution < -0.4 is 14.2 Å². The number of ether oxygens (including phenoxy) is 3. The van der Waals surface area contributed by atoms with Gasteiger partial charge in [0, 0.05) is 23.8 Å². The molecule has 2 aromatic rings. The lowest BCUT2D eigenvalue weighted by Crippen LogP contribution is -2.31. The third-order valence-corrected chi connectivity index (χ3v) is 7.18. The molecule has 0 amide bonds. The first kappa shape index (κ1) is 23.5. The van der Waals surface area contributed by atoms with Gasteiger partial charge >= 0.3 is 0 Å². The van der Waals surface area contributed by atoms with Crippen LogP contribution in [0.1, 0.15) is 30.4 Å². The summed E-state index contributed by atoms with van der Waals surface area (Å²) in [5, 5.41) is 2.21. The second-order valence-corrected chi connectivity index (χ2v) is 9.30. The Hall–Kier alpha value is -1.14. The largest absolute Gasteiger partial charge is 0.493 e. The quantitative estimate of drug-likeness (QED) is 0.364. The Kier molecular flexibility index (Phi) is 8.19. The second kappa shape index (κ2) is 10.4. The summed E-state index contributed by atoms with van der Waals surface area (Å²) >= 11 is 16.1. The van der Waals surface area contributed by atoms with Gasteiger partial charge in [0.1, 0.15) is 0 Å². The first-order chi connectivity index (χ1) is 14.5. The number of rotatable bonds is 9. The molecule has 1 aliphatic rings. The minimum atomic E-state index is 0.0721. The van der Waals surface area contributed by atoms with E-state index in [4.69, 9.17) is 37.4 Å². The summed E-state index contributed by atoms with van der Waals surface area (Å²) < 4.78 is 16.5. The number of hydrogen-bond donors (Lipinski definition) is 0. The SMILES string of the molecule is COc1cc(CN2CCC(CCCBr)(c3ccc(Cl)c(Cl)c3)C2)cc(OC)c1OC. The van der Waals surface area contributed by atoms with Crippen molar-refractivity contribution in [3.63, 3.8) is 0 Å². The number of methoxy groups -OCH3 is 3. The van der Waals surface area contributed by atoms with E-state index < -0.39 is 0 Å². The van der Waals surface area contributed by atoms with Gasteiger partial charge in [0.2, 0.25) is 5.75 Å². The zero-order chi connectivity index (χ0) is 21.7. The van der Waals surface area contributed by atoms with Crippen LogP contribution in [-0.4, -0.2) is 44.6 Å². The van der Waals surface area contributed by atoms with Crippen molar-refractivity contribution in [1.82, 2.24) is 4.90 Å². The lowest BCUT2D eigenvalue weighted by atomic mass is 9.76. The zero-order valence-corrected chi connectivity index (χ0v) is 20.7. The highest BCUT2D eigenvalue weighted by atomic mass is 79.9. The maximum absolute atomic E-state index is 6.36. The first-order valence-electron chi connectivity index (χ1n) is 9.99. The molecule has 1 fully saturated rings. The van der Waals surface area contributed by atoms with Gasteiger partial charge in [-0.05, 0) is 61.2 Å². The molecule has 0 spiro atoms. The summed E-state index contributed by atoms with van der Waals surface area (Å²) in [6.07, 6.45) is 3.29. The van der Waals surface area contributed by atoms with Crippen molar-refractivity contribution in [3.8, 4) is 17.2 Å². The molecule has 0 N–H and O–H groups in total. The number of alkyl halides is 1. The molecule has 0 saturated carbocycles. The topological polar surface area (TPSA) is 30.9 Å². The maximum Gasteiger partial charge on any atom is 0.203 e. The van der Waals surface area contributed by atoms with Crippen molar-refractivity contribution < 1.29 is 14.2 Å². The van der Waals surface area contributed by atoms with Crippen LogP contribution in [0.5, 0.6) is 17.2 Å². The first-order valence-corrected chi connectivity index (χ1v) is 11.9. The minimum absolute atomic E-state index is 0.0721. The van der Waals surface area contributed by atoms with E-state index in [1.54, 1.807) is 21.3 Å². The van der Waals surface area contributed by atoms with Crippen LogP contribution in [0.3, 0.4) is 0 Å². The van der Waals surface area contributed by atoms with Gasteiger partial charge in [-0.15, -0.1) is 0 Å². The number of benzene rings is 2.